The molecule has 0 saturated heterocycles. The molecule has 1 heterocycles. The minimum atomic E-state index is 0.544. The van der Waals surface area contributed by atoms with E-state index in [0.717, 1.165) is 12.2 Å². The maximum Gasteiger partial charge on any atom is 0.180 e. The van der Waals surface area contributed by atoms with E-state index in [1.807, 2.05) is 0 Å². The summed E-state index contributed by atoms with van der Waals surface area (Å²) < 4.78 is 0. The molecule has 17 heavy (non-hydrogen) atoms. The van der Waals surface area contributed by atoms with Crippen LogP contribution in [0.25, 0.3) is 0 Å². The molecular weight excluding hydrogens is 230 g/mol. The molecule has 1 aliphatic rings. The lowest BCUT2D eigenvalue weighted by atomic mass is 9.75. The summed E-state index contributed by atoms with van der Waals surface area (Å²) in [5.41, 5.74) is 7.31. The number of nitrogen functional groups attached to an aromatic ring is 1. The number of rotatable bonds is 3. The summed E-state index contributed by atoms with van der Waals surface area (Å²) in [5.74, 6) is 0. The fraction of sp³-hybridized carbons (Fsp3) is 0.769. The van der Waals surface area contributed by atoms with Crippen molar-refractivity contribution >= 4 is 16.5 Å². The van der Waals surface area contributed by atoms with Crippen LogP contribution in [0.4, 0.5) is 5.13 Å². The summed E-state index contributed by atoms with van der Waals surface area (Å²) >= 11 is 1.53. The van der Waals surface area contributed by atoms with Crippen LogP contribution in [-0.4, -0.2) is 23.0 Å². The average Bonchev–Trinajstić information content (AvgIpc) is 2.63. The number of nitrogens with zero attached hydrogens (tertiary/aromatic N) is 2. The maximum absolute atomic E-state index is 5.66. The smallest absolute Gasteiger partial charge is 0.180 e. The Kier molecular flexibility index (Phi) is 3.73. The highest BCUT2D eigenvalue weighted by Crippen LogP contribution is 2.36. The second-order valence-corrected chi connectivity index (χ2v) is 6.88. The van der Waals surface area contributed by atoms with Crippen molar-refractivity contribution in [2.45, 2.75) is 52.1 Å². The van der Waals surface area contributed by atoms with Gasteiger partial charge in [-0.3, -0.25) is 4.90 Å². The Bertz CT molecular complexity index is 362. The van der Waals surface area contributed by atoms with Crippen molar-refractivity contribution in [2.24, 2.45) is 5.41 Å². The molecule has 3 nitrogen and oxygen atoms in total. The summed E-state index contributed by atoms with van der Waals surface area (Å²) in [5, 5.41) is 2.75. The van der Waals surface area contributed by atoms with Gasteiger partial charge in [-0.25, -0.2) is 4.98 Å². The number of hydrogen-bond donors (Lipinski definition) is 1. The number of nitrogens with two attached hydrogens (primary N) is 1. The van der Waals surface area contributed by atoms with Crippen molar-refractivity contribution in [2.75, 3.05) is 12.8 Å². The van der Waals surface area contributed by atoms with Gasteiger partial charge >= 0.3 is 0 Å². The van der Waals surface area contributed by atoms with Crippen LogP contribution < -0.4 is 5.73 Å². The highest BCUT2D eigenvalue weighted by molar-refractivity contribution is 7.13. The maximum atomic E-state index is 5.66. The van der Waals surface area contributed by atoms with E-state index in [9.17, 15) is 0 Å². The number of anilines is 1. The molecule has 0 amide bonds. The Hall–Kier alpha value is -0.610. The zero-order valence-corrected chi connectivity index (χ0v) is 11.9. The Morgan fingerprint density at radius 1 is 1.47 bits per heavy atom. The fourth-order valence-electron chi connectivity index (χ4n) is 2.60. The van der Waals surface area contributed by atoms with Crippen molar-refractivity contribution in [3.63, 3.8) is 0 Å². The van der Waals surface area contributed by atoms with E-state index in [-0.39, 0.29) is 0 Å². The lowest BCUT2D eigenvalue weighted by molar-refractivity contribution is 0.122. The van der Waals surface area contributed by atoms with Gasteiger partial charge in [0.05, 0.1) is 5.69 Å². The van der Waals surface area contributed by atoms with Gasteiger partial charge in [0, 0.05) is 18.0 Å². The molecule has 1 saturated carbocycles. The lowest BCUT2D eigenvalue weighted by Gasteiger charge is -2.38. The number of thiazole rings is 1. The molecule has 0 unspecified atom stereocenters. The van der Waals surface area contributed by atoms with Gasteiger partial charge in [-0.15, -0.1) is 11.3 Å². The van der Waals surface area contributed by atoms with Crippen LogP contribution in [0.2, 0.25) is 0 Å². The molecule has 2 rings (SSSR count). The molecule has 0 aromatic carbocycles. The van der Waals surface area contributed by atoms with Crippen LogP contribution in [0, 0.1) is 5.41 Å². The fourth-order valence-corrected chi connectivity index (χ4v) is 3.16. The van der Waals surface area contributed by atoms with Crippen molar-refractivity contribution in [1.29, 1.82) is 0 Å². The van der Waals surface area contributed by atoms with Gasteiger partial charge in [-0.05, 0) is 38.1 Å². The molecule has 0 radical (unpaired) electrons. The molecule has 0 aliphatic heterocycles. The predicted octanol–water partition coefficient (Wildman–Crippen LogP) is 3.13. The Labute approximate surface area is 108 Å². The summed E-state index contributed by atoms with van der Waals surface area (Å²) in [6, 6.07) is 0.714. The number of aromatic nitrogens is 1. The van der Waals surface area contributed by atoms with Gasteiger partial charge in [0.1, 0.15) is 0 Å². The monoisotopic (exact) mass is 253 g/mol. The van der Waals surface area contributed by atoms with Gasteiger partial charge in [0.2, 0.25) is 0 Å². The molecule has 2 N–H and O–H groups in total. The van der Waals surface area contributed by atoms with Crippen LogP contribution in [0.1, 0.15) is 45.2 Å². The quantitative estimate of drug-likeness (QED) is 0.900. The van der Waals surface area contributed by atoms with Crippen molar-refractivity contribution in [3.8, 4) is 0 Å². The van der Waals surface area contributed by atoms with Gasteiger partial charge in [-0.1, -0.05) is 13.8 Å². The minimum Gasteiger partial charge on any atom is -0.375 e. The van der Waals surface area contributed by atoms with Crippen LogP contribution in [-0.2, 0) is 6.54 Å². The third kappa shape index (κ3) is 3.42. The normalized spacial score (nSPS) is 20.9. The van der Waals surface area contributed by atoms with E-state index < -0.39 is 0 Å². The first-order chi connectivity index (χ1) is 7.96. The SMILES string of the molecule is CN(Cc1csc(N)n1)C1CCC(C)(C)CC1. The third-order valence-corrected chi connectivity index (χ3v) is 4.64. The summed E-state index contributed by atoms with van der Waals surface area (Å²) in [6.07, 6.45) is 5.29. The van der Waals surface area contributed by atoms with Gasteiger partial charge in [-0.2, -0.15) is 0 Å². The molecule has 1 aromatic rings. The Balaban J connectivity index is 1.87. The first-order valence-corrected chi connectivity index (χ1v) is 7.24. The minimum absolute atomic E-state index is 0.544. The lowest BCUT2D eigenvalue weighted by Crippen LogP contribution is -2.36. The largest absolute Gasteiger partial charge is 0.375 e. The molecule has 1 aliphatic carbocycles. The molecule has 4 heteroatoms. The third-order valence-electron chi connectivity index (χ3n) is 3.91. The van der Waals surface area contributed by atoms with Crippen LogP contribution in [0.3, 0.4) is 0 Å². The molecule has 0 spiro atoms. The second-order valence-electron chi connectivity index (χ2n) is 5.99. The molecule has 1 aromatic heterocycles. The molecule has 1 fully saturated rings. The van der Waals surface area contributed by atoms with E-state index in [1.165, 1.54) is 37.0 Å². The van der Waals surface area contributed by atoms with Crippen molar-refractivity contribution in [3.05, 3.63) is 11.1 Å². The first-order valence-electron chi connectivity index (χ1n) is 6.36. The first kappa shape index (κ1) is 12.8. The molecule has 0 atom stereocenters. The van der Waals surface area contributed by atoms with E-state index >= 15 is 0 Å². The van der Waals surface area contributed by atoms with Crippen LogP contribution in [0.5, 0.6) is 0 Å². The zero-order chi connectivity index (χ0) is 12.5. The van der Waals surface area contributed by atoms with Gasteiger partial charge in [0.25, 0.3) is 0 Å². The van der Waals surface area contributed by atoms with Crippen molar-refractivity contribution in [1.82, 2.24) is 9.88 Å². The zero-order valence-electron chi connectivity index (χ0n) is 11.1. The van der Waals surface area contributed by atoms with E-state index in [2.05, 4.69) is 36.2 Å². The highest BCUT2D eigenvalue weighted by atomic mass is 32.1. The second kappa shape index (κ2) is 4.94. The number of hydrogen-bond acceptors (Lipinski definition) is 4. The summed E-state index contributed by atoms with van der Waals surface area (Å²) in [4.78, 5) is 6.76. The van der Waals surface area contributed by atoms with E-state index in [1.54, 1.807) is 0 Å². The summed E-state index contributed by atoms with van der Waals surface area (Å²) in [7, 11) is 2.21. The summed E-state index contributed by atoms with van der Waals surface area (Å²) in [6.45, 7) is 5.69. The van der Waals surface area contributed by atoms with Gasteiger partial charge in [0.15, 0.2) is 5.13 Å². The highest BCUT2D eigenvalue weighted by Gasteiger charge is 2.28. The topological polar surface area (TPSA) is 42.1 Å². The average molecular weight is 253 g/mol. The van der Waals surface area contributed by atoms with Crippen molar-refractivity contribution < 1.29 is 0 Å². The molecular formula is C13H23N3S. The standard InChI is InChI=1S/C13H23N3S/c1-13(2)6-4-11(5-7-13)16(3)8-10-9-17-12(14)15-10/h9,11H,4-8H2,1-3H3,(H2,14,15). The van der Waals surface area contributed by atoms with Crippen LogP contribution in [0.15, 0.2) is 5.38 Å². The molecule has 0 bridgehead atoms. The van der Waals surface area contributed by atoms with E-state index in [0.29, 0.717) is 16.6 Å². The Morgan fingerprint density at radius 3 is 2.65 bits per heavy atom. The Morgan fingerprint density at radius 2 is 2.12 bits per heavy atom. The van der Waals surface area contributed by atoms with E-state index in [4.69, 9.17) is 5.73 Å². The molecule has 96 valence electrons. The van der Waals surface area contributed by atoms with Gasteiger partial charge < -0.3 is 5.73 Å². The predicted molar refractivity (Wildman–Crippen MR) is 74.0 cm³/mol. The van der Waals surface area contributed by atoms with Crippen LogP contribution >= 0.6 is 11.3 Å².